The van der Waals surface area contributed by atoms with E-state index in [0.717, 1.165) is 31.1 Å². The maximum absolute atomic E-state index is 5.90. The van der Waals surface area contributed by atoms with E-state index in [4.69, 9.17) is 4.74 Å². The van der Waals surface area contributed by atoms with Crippen LogP contribution in [-0.2, 0) is 6.42 Å². The van der Waals surface area contributed by atoms with Crippen LogP contribution in [0.3, 0.4) is 0 Å². The molecule has 3 aromatic rings. The third-order valence-corrected chi connectivity index (χ3v) is 4.40. The molecule has 0 saturated carbocycles. The summed E-state index contributed by atoms with van der Waals surface area (Å²) in [4.78, 5) is 6.40. The van der Waals surface area contributed by atoms with E-state index < -0.39 is 0 Å². The molecule has 2 heterocycles. The van der Waals surface area contributed by atoms with Crippen LogP contribution in [0.4, 0.5) is 11.4 Å². The minimum atomic E-state index is 0.654. The van der Waals surface area contributed by atoms with E-state index in [-0.39, 0.29) is 0 Å². The van der Waals surface area contributed by atoms with Gasteiger partial charge in [0.25, 0.3) is 0 Å². The van der Waals surface area contributed by atoms with E-state index in [1.807, 2.05) is 24.5 Å². The van der Waals surface area contributed by atoms with Crippen LogP contribution in [0.25, 0.3) is 0 Å². The maximum atomic E-state index is 5.90. The number of nitrogens with one attached hydrogen (secondary N) is 1. The van der Waals surface area contributed by atoms with Crippen molar-refractivity contribution in [2.24, 2.45) is 0 Å². The van der Waals surface area contributed by atoms with E-state index in [9.17, 15) is 0 Å². The molecule has 4 nitrogen and oxygen atoms in total. The van der Waals surface area contributed by atoms with Crippen molar-refractivity contribution in [3.05, 3.63) is 84.2 Å². The van der Waals surface area contributed by atoms with Crippen LogP contribution in [0, 0.1) is 0 Å². The molecular formula is C21H21N3O. The summed E-state index contributed by atoms with van der Waals surface area (Å²) in [7, 11) is 0. The minimum Gasteiger partial charge on any atom is -0.492 e. The Kier molecular flexibility index (Phi) is 4.51. The standard InChI is InChI=1S/C21H21N3O/c1-2-4-17(5-3-1)14-18-6-8-19(9-7-18)25-13-12-24-16-23-20-15-22-11-10-21(20)24/h1-11,15,23H,12-14,16H2. The van der Waals surface area contributed by atoms with Crippen LogP contribution in [-0.4, -0.2) is 24.8 Å². The van der Waals surface area contributed by atoms with Gasteiger partial charge in [0.05, 0.1) is 30.8 Å². The fourth-order valence-corrected chi connectivity index (χ4v) is 3.07. The normalized spacial score (nSPS) is 12.6. The zero-order valence-electron chi connectivity index (χ0n) is 14.1. The van der Waals surface area contributed by atoms with Gasteiger partial charge in [0.2, 0.25) is 0 Å². The lowest BCUT2D eigenvalue weighted by atomic mass is 10.1. The Morgan fingerprint density at radius 3 is 2.60 bits per heavy atom. The molecule has 4 heteroatoms. The first-order valence-corrected chi connectivity index (χ1v) is 8.57. The lowest BCUT2D eigenvalue weighted by Gasteiger charge is -2.18. The second-order valence-corrected chi connectivity index (χ2v) is 6.15. The van der Waals surface area contributed by atoms with Crippen molar-refractivity contribution in [2.75, 3.05) is 30.0 Å². The molecule has 0 radical (unpaired) electrons. The Hall–Kier alpha value is -3.01. The average molecular weight is 331 g/mol. The summed E-state index contributed by atoms with van der Waals surface area (Å²) in [5, 5.41) is 3.34. The second kappa shape index (κ2) is 7.26. The number of rotatable bonds is 6. The van der Waals surface area contributed by atoms with Crippen molar-refractivity contribution in [1.82, 2.24) is 4.98 Å². The van der Waals surface area contributed by atoms with Crippen molar-refractivity contribution < 1.29 is 4.74 Å². The Morgan fingerprint density at radius 2 is 1.76 bits per heavy atom. The molecule has 1 aromatic heterocycles. The van der Waals surface area contributed by atoms with Gasteiger partial charge in [-0.2, -0.15) is 0 Å². The molecular weight excluding hydrogens is 310 g/mol. The smallest absolute Gasteiger partial charge is 0.119 e. The Balaban J connectivity index is 1.29. The summed E-state index contributed by atoms with van der Waals surface area (Å²) < 4.78 is 5.90. The molecule has 0 atom stereocenters. The van der Waals surface area contributed by atoms with Crippen LogP contribution in [0.2, 0.25) is 0 Å². The molecule has 4 rings (SSSR count). The molecule has 0 amide bonds. The van der Waals surface area contributed by atoms with Crippen LogP contribution < -0.4 is 15.0 Å². The summed E-state index contributed by atoms with van der Waals surface area (Å²) in [5.41, 5.74) is 4.90. The minimum absolute atomic E-state index is 0.654. The maximum Gasteiger partial charge on any atom is 0.119 e. The first-order valence-electron chi connectivity index (χ1n) is 8.57. The highest BCUT2D eigenvalue weighted by Crippen LogP contribution is 2.29. The summed E-state index contributed by atoms with van der Waals surface area (Å²) in [5.74, 6) is 0.916. The number of benzene rings is 2. The van der Waals surface area contributed by atoms with Crippen LogP contribution in [0.1, 0.15) is 11.1 Å². The van der Waals surface area contributed by atoms with Crippen LogP contribution in [0.15, 0.2) is 73.1 Å². The monoisotopic (exact) mass is 331 g/mol. The molecule has 0 fully saturated rings. The average Bonchev–Trinajstić information content (AvgIpc) is 3.07. The largest absolute Gasteiger partial charge is 0.492 e. The van der Waals surface area contributed by atoms with E-state index in [1.54, 1.807) is 0 Å². The molecule has 0 saturated heterocycles. The fraction of sp³-hybridized carbons (Fsp3) is 0.190. The van der Waals surface area contributed by atoms with E-state index in [2.05, 4.69) is 63.7 Å². The highest BCUT2D eigenvalue weighted by Gasteiger charge is 2.17. The number of hydrogen-bond donors (Lipinski definition) is 1. The van der Waals surface area contributed by atoms with Gasteiger partial charge in [0.1, 0.15) is 12.4 Å². The van der Waals surface area contributed by atoms with Gasteiger partial charge in [0.15, 0.2) is 0 Å². The van der Waals surface area contributed by atoms with Gasteiger partial charge in [-0.25, -0.2) is 0 Å². The molecule has 0 spiro atoms. The SMILES string of the molecule is c1ccc(Cc2ccc(OCCN3CNc4cnccc43)cc2)cc1. The number of hydrogen-bond acceptors (Lipinski definition) is 4. The quantitative estimate of drug-likeness (QED) is 0.742. The van der Waals surface area contributed by atoms with Gasteiger partial charge in [-0.3, -0.25) is 4.98 Å². The molecule has 1 aliphatic heterocycles. The number of nitrogens with zero attached hydrogens (tertiary/aromatic N) is 2. The number of pyridine rings is 1. The number of aromatic nitrogens is 1. The number of anilines is 2. The van der Waals surface area contributed by atoms with Crippen molar-refractivity contribution in [2.45, 2.75) is 6.42 Å². The third-order valence-electron chi connectivity index (χ3n) is 4.40. The molecule has 25 heavy (non-hydrogen) atoms. The van der Waals surface area contributed by atoms with Crippen molar-refractivity contribution in [1.29, 1.82) is 0 Å². The molecule has 126 valence electrons. The summed E-state index contributed by atoms with van der Waals surface area (Å²) in [6.07, 6.45) is 4.64. The molecule has 1 N–H and O–H groups in total. The zero-order valence-corrected chi connectivity index (χ0v) is 14.1. The van der Waals surface area contributed by atoms with Crippen LogP contribution >= 0.6 is 0 Å². The van der Waals surface area contributed by atoms with E-state index >= 15 is 0 Å². The molecule has 1 aliphatic rings. The summed E-state index contributed by atoms with van der Waals surface area (Å²) in [6, 6.07) is 20.9. The van der Waals surface area contributed by atoms with Crippen molar-refractivity contribution in [3.8, 4) is 5.75 Å². The number of ether oxygens (including phenoxy) is 1. The molecule has 0 aliphatic carbocycles. The molecule has 0 unspecified atom stereocenters. The van der Waals surface area contributed by atoms with E-state index in [1.165, 1.54) is 16.8 Å². The highest BCUT2D eigenvalue weighted by atomic mass is 16.5. The van der Waals surface area contributed by atoms with Gasteiger partial charge >= 0.3 is 0 Å². The summed E-state index contributed by atoms with van der Waals surface area (Å²) in [6.45, 7) is 2.30. The predicted molar refractivity (Wildman–Crippen MR) is 101 cm³/mol. The lowest BCUT2D eigenvalue weighted by Crippen LogP contribution is -2.27. The van der Waals surface area contributed by atoms with Gasteiger partial charge in [-0.1, -0.05) is 42.5 Å². The fourth-order valence-electron chi connectivity index (χ4n) is 3.07. The summed E-state index contributed by atoms with van der Waals surface area (Å²) >= 11 is 0. The van der Waals surface area contributed by atoms with Crippen LogP contribution in [0.5, 0.6) is 5.75 Å². The molecule has 2 aromatic carbocycles. The Labute approximate surface area is 148 Å². The lowest BCUT2D eigenvalue weighted by molar-refractivity contribution is 0.325. The Bertz CT molecular complexity index is 818. The van der Waals surface area contributed by atoms with Gasteiger partial charge in [-0.05, 0) is 35.7 Å². The number of fused-ring (bicyclic) bond motifs is 1. The first-order chi connectivity index (χ1) is 12.4. The third kappa shape index (κ3) is 3.74. The molecule has 0 bridgehead atoms. The van der Waals surface area contributed by atoms with E-state index in [0.29, 0.717) is 6.61 Å². The predicted octanol–water partition coefficient (Wildman–Crippen LogP) is 3.94. The second-order valence-electron chi connectivity index (χ2n) is 6.15. The first kappa shape index (κ1) is 15.5. The van der Waals surface area contributed by atoms with Gasteiger partial charge in [0, 0.05) is 6.20 Å². The Morgan fingerprint density at radius 1 is 0.960 bits per heavy atom. The van der Waals surface area contributed by atoms with Gasteiger partial charge in [-0.15, -0.1) is 0 Å². The van der Waals surface area contributed by atoms with Crippen molar-refractivity contribution in [3.63, 3.8) is 0 Å². The zero-order chi connectivity index (χ0) is 16.9. The van der Waals surface area contributed by atoms with Gasteiger partial charge < -0.3 is 15.0 Å². The highest BCUT2D eigenvalue weighted by molar-refractivity contribution is 5.73. The topological polar surface area (TPSA) is 37.4 Å². The van der Waals surface area contributed by atoms with Crippen molar-refractivity contribution >= 4 is 11.4 Å².